The molecule has 4 rings (SSSR count). The van der Waals surface area contributed by atoms with E-state index in [9.17, 15) is 10.1 Å². The molecule has 0 bridgehead atoms. The molecular weight excluding hydrogens is 346 g/mol. The van der Waals surface area contributed by atoms with Crippen molar-refractivity contribution >= 4 is 0 Å². The molecule has 0 atom stereocenters. The highest BCUT2D eigenvalue weighted by Gasteiger charge is 2.14. The number of nitrogens with zero attached hydrogens (tertiary/aromatic N) is 3. The molecule has 4 heteroatoms. The van der Waals surface area contributed by atoms with Crippen molar-refractivity contribution in [2.45, 2.75) is 6.92 Å². The van der Waals surface area contributed by atoms with Crippen LogP contribution in [-0.2, 0) is 0 Å². The number of hydrogen-bond acceptors (Lipinski definition) is 3. The van der Waals surface area contributed by atoms with Crippen molar-refractivity contribution in [3.8, 4) is 34.1 Å². The van der Waals surface area contributed by atoms with Crippen LogP contribution in [0.25, 0.3) is 28.1 Å². The van der Waals surface area contributed by atoms with Gasteiger partial charge in [0, 0.05) is 34.3 Å². The van der Waals surface area contributed by atoms with Crippen LogP contribution in [0.15, 0.2) is 89.9 Å². The van der Waals surface area contributed by atoms with Crippen molar-refractivity contribution in [3.63, 3.8) is 0 Å². The first kappa shape index (κ1) is 17.4. The Morgan fingerprint density at radius 3 is 2.39 bits per heavy atom. The predicted octanol–water partition coefficient (Wildman–Crippen LogP) is 4.75. The maximum atomic E-state index is 13.3. The largest absolute Gasteiger partial charge is 0.283 e. The fourth-order valence-electron chi connectivity index (χ4n) is 3.21. The van der Waals surface area contributed by atoms with Crippen molar-refractivity contribution in [3.05, 3.63) is 107 Å². The topological polar surface area (TPSA) is 58.7 Å². The van der Waals surface area contributed by atoms with Gasteiger partial charge in [-0.3, -0.25) is 14.3 Å². The van der Waals surface area contributed by atoms with Crippen LogP contribution in [0.4, 0.5) is 0 Å². The second kappa shape index (κ2) is 7.34. The average molecular weight is 363 g/mol. The summed E-state index contributed by atoms with van der Waals surface area (Å²) in [7, 11) is 0. The molecule has 0 aliphatic heterocycles. The van der Waals surface area contributed by atoms with Crippen molar-refractivity contribution in [2.24, 2.45) is 0 Å². The molecule has 0 spiro atoms. The number of pyridine rings is 2. The zero-order valence-electron chi connectivity index (χ0n) is 15.3. The van der Waals surface area contributed by atoms with E-state index in [1.165, 1.54) is 0 Å². The first-order valence-corrected chi connectivity index (χ1v) is 8.93. The van der Waals surface area contributed by atoms with Gasteiger partial charge in [0.05, 0.1) is 17.3 Å². The molecule has 134 valence electrons. The molecule has 28 heavy (non-hydrogen) atoms. The summed E-state index contributed by atoms with van der Waals surface area (Å²) in [6, 6.07) is 26.4. The number of aromatic nitrogens is 2. The minimum atomic E-state index is -0.176. The lowest BCUT2D eigenvalue weighted by Crippen LogP contribution is -2.20. The molecule has 4 aromatic rings. The van der Waals surface area contributed by atoms with E-state index >= 15 is 0 Å². The lowest BCUT2D eigenvalue weighted by Gasteiger charge is -2.13. The highest BCUT2D eigenvalue weighted by molar-refractivity contribution is 5.75. The smallest absolute Gasteiger partial charge is 0.263 e. The Labute approximate surface area is 163 Å². The van der Waals surface area contributed by atoms with Crippen molar-refractivity contribution in [1.29, 1.82) is 5.26 Å². The minimum absolute atomic E-state index is 0.176. The highest BCUT2D eigenvalue weighted by Crippen LogP contribution is 2.26. The quantitative estimate of drug-likeness (QED) is 0.528. The molecule has 4 nitrogen and oxygen atoms in total. The van der Waals surface area contributed by atoms with E-state index in [2.05, 4.69) is 11.1 Å². The number of nitriles is 1. The summed E-state index contributed by atoms with van der Waals surface area (Å²) in [5.41, 5.74) is 4.64. The van der Waals surface area contributed by atoms with Gasteiger partial charge in [-0.05, 0) is 43.3 Å². The zero-order valence-corrected chi connectivity index (χ0v) is 15.3. The Balaban J connectivity index is 2.05. The van der Waals surface area contributed by atoms with E-state index in [0.29, 0.717) is 16.7 Å². The van der Waals surface area contributed by atoms with Gasteiger partial charge in [-0.2, -0.15) is 5.26 Å². The van der Waals surface area contributed by atoms with Crippen LogP contribution in [0, 0.1) is 18.3 Å². The summed E-state index contributed by atoms with van der Waals surface area (Å²) in [6.07, 6.45) is 1.80. The van der Waals surface area contributed by atoms with E-state index in [1.54, 1.807) is 29.0 Å². The van der Waals surface area contributed by atoms with E-state index in [1.807, 2.05) is 67.6 Å². The Hall–Kier alpha value is -3.97. The van der Waals surface area contributed by atoms with E-state index in [-0.39, 0.29) is 5.56 Å². The Morgan fingerprint density at radius 2 is 1.64 bits per heavy atom. The molecule has 0 aliphatic carbocycles. The third-order valence-corrected chi connectivity index (χ3v) is 4.57. The Bertz CT molecular complexity index is 1250. The van der Waals surface area contributed by atoms with Crippen molar-refractivity contribution in [1.82, 2.24) is 9.55 Å². The van der Waals surface area contributed by atoms with E-state index in [0.717, 1.165) is 22.6 Å². The van der Waals surface area contributed by atoms with Crippen LogP contribution in [0.5, 0.6) is 0 Å². The molecule has 0 unspecified atom stereocenters. The summed E-state index contributed by atoms with van der Waals surface area (Å²) < 4.78 is 1.61. The van der Waals surface area contributed by atoms with Gasteiger partial charge < -0.3 is 0 Å². The third kappa shape index (κ3) is 3.22. The van der Waals surface area contributed by atoms with Gasteiger partial charge in [-0.25, -0.2) is 0 Å². The third-order valence-electron chi connectivity index (χ3n) is 4.57. The maximum absolute atomic E-state index is 13.3. The van der Waals surface area contributed by atoms with Crippen LogP contribution < -0.4 is 5.56 Å². The molecule has 0 N–H and O–H groups in total. The molecule has 0 aliphatic rings. The summed E-state index contributed by atoms with van der Waals surface area (Å²) >= 11 is 0. The number of aryl methyl sites for hydroxylation is 1. The van der Waals surface area contributed by atoms with Crippen molar-refractivity contribution < 1.29 is 0 Å². The molecule has 0 amide bonds. The lowest BCUT2D eigenvalue weighted by atomic mass is 9.99. The average Bonchev–Trinajstić information content (AvgIpc) is 2.74. The summed E-state index contributed by atoms with van der Waals surface area (Å²) in [5, 5.41) is 9.51. The molecule has 0 saturated heterocycles. The van der Waals surface area contributed by atoms with Gasteiger partial charge in [0.15, 0.2) is 0 Å². The SMILES string of the molecule is Cc1cccc(-c2cc(-c3ccccc3C#N)c(=O)n(-c3ccccc3)c2)n1. The Morgan fingerprint density at radius 1 is 0.893 bits per heavy atom. The normalized spacial score (nSPS) is 10.4. The molecular formula is C24H17N3O. The summed E-state index contributed by atoms with van der Waals surface area (Å²) in [6.45, 7) is 1.93. The van der Waals surface area contributed by atoms with Crippen LogP contribution in [0.1, 0.15) is 11.3 Å². The minimum Gasteiger partial charge on any atom is -0.283 e. The molecule has 0 fully saturated rings. The van der Waals surface area contributed by atoms with Gasteiger partial charge in [0.2, 0.25) is 0 Å². The Kier molecular flexibility index (Phi) is 4.57. The van der Waals surface area contributed by atoms with Crippen LogP contribution in [0.2, 0.25) is 0 Å². The predicted molar refractivity (Wildman–Crippen MR) is 110 cm³/mol. The second-order valence-corrected chi connectivity index (χ2v) is 6.47. The molecule has 2 aromatic heterocycles. The molecule has 2 heterocycles. The highest BCUT2D eigenvalue weighted by atomic mass is 16.1. The number of rotatable bonds is 3. The molecule has 0 radical (unpaired) electrons. The van der Waals surface area contributed by atoms with Crippen LogP contribution in [0.3, 0.4) is 0 Å². The first-order valence-electron chi connectivity index (χ1n) is 8.93. The number of benzene rings is 2. The van der Waals surface area contributed by atoms with Gasteiger partial charge in [0.1, 0.15) is 0 Å². The lowest BCUT2D eigenvalue weighted by molar-refractivity contribution is 0.992. The van der Waals surface area contributed by atoms with Crippen LogP contribution >= 0.6 is 0 Å². The van der Waals surface area contributed by atoms with Crippen LogP contribution in [-0.4, -0.2) is 9.55 Å². The number of para-hydroxylation sites is 1. The van der Waals surface area contributed by atoms with Crippen molar-refractivity contribution in [2.75, 3.05) is 0 Å². The van der Waals surface area contributed by atoms with Gasteiger partial charge in [-0.1, -0.05) is 42.5 Å². The molecule has 2 aromatic carbocycles. The monoisotopic (exact) mass is 363 g/mol. The zero-order chi connectivity index (χ0) is 19.5. The second-order valence-electron chi connectivity index (χ2n) is 6.47. The van der Waals surface area contributed by atoms with E-state index < -0.39 is 0 Å². The van der Waals surface area contributed by atoms with Gasteiger partial charge in [0.25, 0.3) is 5.56 Å². The first-order chi connectivity index (χ1) is 13.7. The summed E-state index contributed by atoms with van der Waals surface area (Å²) in [4.78, 5) is 17.9. The number of hydrogen-bond donors (Lipinski definition) is 0. The fraction of sp³-hybridized carbons (Fsp3) is 0.0417. The van der Waals surface area contributed by atoms with Gasteiger partial charge in [-0.15, -0.1) is 0 Å². The standard InChI is InChI=1S/C24H17N3O/c1-17-8-7-13-23(26-17)19-14-22(21-12-6-5-9-18(21)15-25)24(28)27(16-19)20-10-3-2-4-11-20/h2-14,16H,1H3. The maximum Gasteiger partial charge on any atom is 0.263 e. The molecule has 0 saturated carbocycles. The van der Waals surface area contributed by atoms with Gasteiger partial charge >= 0.3 is 0 Å². The van der Waals surface area contributed by atoms with E-state index in [4.69, 9.17) is 0 Å². The summed E-state index contributed by atoms with van der Waals surface area (Å²) in [5.74, 6) is 0. The fourth-order valence-corrected chi connectivity index (χ4v) is 3.21.